The van der Waals surface area contributed by atoms with E-state index in [2.05, 4.69) is 73.3 Å². The summed E-state index contributed by atoms with van der Waals surface area (Å²) >= 11 is 0. The van der Waals surface area contributed by atoms with Crippen LogP contribution in [0.3, 0.4) is 0 Å². The molecule has 0 amide bonds. The SMILES string of the molecule is C=CN=C(c1c(C)[nH]c2cc(C/C(C)=N\OC(=C)C)c(C)cc12)[C@H]1CNC/C=C\C=C/C1=C. The highest BCUT2D eigenvalue weighted by Crippen LogP contribution is 2.30. The van der Waals surface area contributed by atoms with Crippen LogP contribution in [0.4, 0.5) is 0 Å². The van der Waals surface area contributed by atoms with Crippen LogP contribution < -0.4 is 5.32 Å². The number of fused-ring (bicyclic) bond motifs is 1. The summed E-state index contributed by atoms with van der Waals surface area (Å²) in [6.07, 6.45) is 10.6. The van der Waals surface area contributed by atoms with E-state index in [1.807, 2.05) is 19.1 Å². The zero-order valence-electron chi connectivity index (χ0n) is 20.2. The molecule has 0 spiro atoms. The minimum atomic E-state index is 0.0329. The van der Waals surface area contributed by atoms with Crippen LogP contribution in [0, 0.1) is 19.8 Å². The third-order valence-corrected chi connectivity index (χ3v) is 5.68. The van der Waals surface area contributed by atoms with E-state index in [1.54, 1.807) is 13.1 Å². The van der Waals surface area contributed by atoms with Crippen LogP contribution >= 0.6 is 0 Å². The molecule has 2 heterocycles. The Morgan fingerprint density at radius 2 is 2.03 bits per heavy atom. The van der Waals surface area contributed by atoms with Crippen molar-refractivity contribution in [1.29, 1.82) is 0 Å². The van der Waals surface area contributed by atoms with E-state index < -0.39 is 0 Å². The number of rotatable bonds is 7. The van der Waals surface area contributed by atoms with Crippen molar-refractivity contribution in [1.82, 2.24) is 10.3 Å². The summed E-state index contributed by atoms with van der Waals surface area (Å²) in [5.41, 5.74) is 8.54. The van der Waals surface area contributed by atoms with E-state index in [0.717, 1.165) is 52.2 Å². The Labute approximate surface area is 197 Å². The molecular formula is C28H34N4O. The molecule has 172 valence electrons. The lowest BCUT2D eigenvalue weighted by molar-refractivity contribution is 0.230. The number of hydrogen-bond acceptors (Lipinski definition) is 4. The van der Waals surface area contributed by atoms with Crippen LogP contribution in [0.5, 0.6) is 0 Å². The number of benzene rings is 1. The Bertz CT molecular complexity index is 1190. The molecule has 0 fully saturated rings. The number of nitrogens with zero attached hydrogens (tertiary/aromatic N) is 2. The summed E-state index contributed by atoms with van der Waals surface area (Å²) < 4.78 is 0. The highest BCUT2D eigenvalue weighted by molar-refractivity contribution is 6.14. The molecule has 0 radical (unpaired) electrons. The zero-order chi connectivity index (χ0) is 24.0. The van der Waals surface area contributed by atoms with Gasteiger partial charge in [0, 0.05) is 53.8 Å². The number of aliphatic imine (C=N–C) groups is 1. The number of hydrogen-bond donors (Lipinski definition) is 2. The lowest BCUT2D eigenvalue weighted by Gasteiger charge is -2.21. The van der Waals surface area contributed by atoms with Gasteiger partial charge in [-0.2, -0.15) is 0 Å². The minimum absolute atomic E-state index is 0.0329. The van der Waals surface area contributed by atoms with Gasteiger partial charge < -0.3 is 15.1 Å². The van der Waals surface area contributed by atoms with Crippen LogP contribution in [0.2, 0.25) is 0 Å². The Balaban J connectivity index is 2.05. The van der Waals surface area contributed by atoms with E-state index in [1.165, 1.54) is 11.1 Å². The van der Waals surface area contributed by atoms with E-state index in [9.17, 15) is 0 Å². The Hall–Kier alpha value is -3.44. The molecule has 1 aromatic carbocycles. The fourth-order valence-electron chi connectivity index (χ4n) is 4.10. The maximum absolute atomic E-state index is 5.23. The number of nitrogens with one attached hydrogen (secondary N) is 2. The largest absolute Gasteiger partial charge is 0.362 e. The maximum Gasteiger partial charge on any atom is 0.124 e. The van der Waals surface area contributed by atoms with Gasteiger partial charge in [0.1, 0.15) is 5.76 Å². The second-order valence-corrected chi connectivity index (χ2v) is 8.52. The van der Waals surface area contributed by atoms with Gasteiger partial charge in [0.15, 0.2) is 0 Å². The first-order valence-corrected chi connectivity index (χ1v) is 11.2. The van der Waals surface area contributed by atoms with Crippen molar-refractivity contribution in [3.63, 3.8) is 0 Å². The zero-order valence-corrected chi connectivity index (χ0v) is 20.2. The smallest absolute Gasteiger partial charge is 0.124 e. The van der Waals surface area contributed by atoms with Gasteiger partial charge in [-0.05, 0) is 56.5 Å². The molecular weight excluding hydrogens is 408 g/mol. The maximum atomic E-state index is 5.23. The molecule has 0 saturated heterocycles. The predicted octanol–water partition coefficient (Wildman–Crippen LogP) is 6.07. The number of aromatic nitrogens is 1. The van der Waals surface area contributed by atoms with Crippen LogP contribution in [-0.2, 0) is 11.3 Å². The molecule has 5 nitrogen and oxygen atoms in total. The predicted molar refractivity (Wildman–Crippen MR) is 141 cm³/mol. The summed E-state index contributed by atoms with van der Waals surface area (Å²) in [6, 6.07) is 4.43. The van der Waals surface area contributed by atoms with E-state index in [-0.39, 0.29) is 5.92 Å². The molecule has 2 N–H and O–H groups in total. The third-order valence-electron chi connectivity index (χ3n) is 5.68. The highest BCUT2D eigenvalue weighted by atomic mass is 16.6. The van der Waals surface area contributed by atoms with E-state index in [4.69, 9.17) is 9.83 Å². The summed E-state index contributed by atoms with van der Waals surface area (Å²) in [6.45, 7) is 21.5. The summed E-state index contributed by atoms with van der Waals surface area (Å²) in [7, 11) is 0. The summed E-state index contributed by atoms with van der Waals surface area (Å²) in [4.78, 5) is 13.6. The number of aromatic amines is 1. The fourth-order valence-corrected chi connectivity index (χ4v) is 4.10. The molecule has 0 bridgehead atoms. The second kappa shape index (κ2) is 10.9. The quantitative estimate of drug-likeness (QED) is 0.310. The molecule has 0 unspecified atom stereocenters. The fraction of sp³-hybridized carbons (Fsp3) is 0.286. The summed E-state index contributed by atoms with van der Waals surface area (Å²) in [5.74, 6) is 0.609. The third kappa shape index (κ3) is 5.88. The van der Waals surface area contributed by atoms with Gasteiger partial charge in [0.2, 0.25) is 0 Å². The molecule has 1 atom stereocenters. The number of H-pyrrole nitrogens is 1. The van der Waals surface area contributed by atoms with Crippen molar-refractivity contribution >= 4 is 22.3 Å². The second-order valence-electron chi connectivity index (χ2n) is 8.52. The van der Waals surface area contributed by atoms with Crippen molar-refractivity contribution in [2.45, 2.75) is 34.1 Å². The molecule has 1 aliphatic heterocycles. The van der Waals surface area contributed by atoms with Crippen LogP contribution in [0.25, 0.3) is 10.9 Å². The molecule has 2 aromatic rings. The van der Waals surface area contributed by atoms with Crippen LogP contribution in [0.15, 0.2) is 83.9 Å². The number of oxime groups is 1. The van der Waals surface area contributed by atoms with E-state index in [0.29, 0.717) is 12.2 Å². The number of aryl methyl sites for hydroxylation is 2. The molecule has 33 heavy (non-hydrogen) atoms. The van der Waals surface area contributed by atoms with Crippen molar-refractivity contribution in [2.24, 2.45) is 16.1 Å². The van der Waals surface area contributed by atoms with Gasteiger partial charge in [-0.15, -0.1) is 0 Å². The van der Waals surface area contributed by atoms with Gasteiger partial charge in [-0.3, -0.25) is 4.99 Å². The molecule has 1 aliphatic rings. The topological polar surface area (TPSA) is 61.8 Å². The van der Waals surface area contributed by atoms with Crippen molar-refractivity contribution in [3.8, 4) is 0 Å². The molecule has 1 aromatic heterocycles. The average molecular weight is 443 g/mol. The Morgan fingerprint density at radius 1 is 1.24 bits per heavy atom. The van der Waals surface area contributed by atoms with Crippen molar-refractivity contribution in [2.75, 3.05) is 13.1 Å². The number of allylic oxidation sites excluding steroid dienone is 4. The van der Waals surface area contributed by atoms with Gasteiger partial charge >= 0.3 is 0 Å². The lowest BCUT2D eigenvalue weighted by atomic mass is 9.87. The highest BCUT2D eigenvalue weighted by Gasteiger charge is 2.24. The van der Waals surface area contributed by atoms with Crippen LogP contribution in [0.1, 0.15) is 36.2 Å². The minimum Gasteiger partial charge on any atom is -0.362 e. The Morgan fingerprint density at radius 3 is 2.76 bits per heavy atom. The normalized spacial score (nSPS) is 19.5. The molecule has 3 rings (SSSR count). The lowest BCUT2D eigenvalue weighted by Crippen LogP contribution is -2.30. The van der Waals surface area contributed by atoms with Crippen molar-refractivity contribution in [3.05, 3.63) is 96.1 Å². The first-order chi connectivity index (χ1) is 15.8. The van der Waals surface area contributed by atoms with Gasteiger partial charge in [-0.25, -0.2) is 0 Å². The van der Waals surface area contributed by atoms with Gasteiger partial charge in [0.05, 0.1) is 11.4 Å². The standard InChI is InChI=1S/C28H34N4O/c1-8-30-28(25-17-29-13-11-9-10-12-19(25)4)27-22(7)31-26-16-23(20(5)14-24(26)27)15-21(6)32-33-18(2)3/h8-12,14,16,25,29,31H,1-2,4,13,15,17H2,3,5-7H3/b11-9-,12-10-,30-28?,32-21-/t25-/m0/s1. The van der Waals surface area contributed by atoms with Crippen molar-refractivity contribution < 1.29 is 4.84 Å². The molecule has 0 aliphatic carbocycles. The molecule has 0 saturated carbocycles. The van der Waals surface area contributed by atoms with Gasteiger partial charge in [0.25, 0.3) is 0 Å². The monoisotopic (exact) mass is 442 g/mol. The average Bonchev–Trinajstić information content (AvgIpc) is 3.11. The van der Waals surface area contributed by atoms with Crippen LogP contribution in [-0.4, -0.2) is 29.5 Å². The first kappa shape index (κ1) is 24.2. The Kier molecular flexibility index (Phi) is 8.01. The van der Waals surface area contributed by atoms with E-state index >= 15 is 0 Å². The first-order valence-electron chi connectivity index (χ1n) is 11.2. The summed E-state index contributed by atoms with van der Waals surface area (Å²) in [5, 5.41) is 8.80. The molecule has 5 heteroatoms. The van der Waals surface area contributed by atoms with Gasteiger partial charge in [-0.1, -0.05) is 49.2 Å².